The third-order valence-electron chi connectivity index (χ3n) is 1.79. The number of nitrogen functional groups attached to an aromatic ring is 1. The van der Waals surface area contributed by atoms with Crippen molar-refractivity contribution in [1.29, 1.82) is 0 Å². The Morgan fingerprint density at radius 3 is 3.00 bits per heavy atom. The monoisotopic (exact) mass is 224 g/mol. The van der Waals surface area contributed by atoms with Crippen LogP contribution >= 0.6 is 0 Å². The number of nitrogens with zero attached hydrogens (tertiary/aromatic N) is 2. The maximum absolute atomic E-state index is 5.82. The summed E-state index contributed by atoms with van der Waals surface area (Å²) in [6.45, 7) is 5.06. The van der Waals surface area contributed by atoms with Crippen molar-refractivity contribution in [2.24, 2.45) is 0 Å². The first-order valence-electron chi connectivity index (χ1n) is 4.86. The summed E-state index contributed by atoms with van der Waals surface area (Å²) in [6, 6.07) is 0. The minimum atomic E-state index is 0.360. The molecule has 0 atom stereocenters. The molecule has 0 unspecified atom stereocenters. The van der Waals surface area contributed by atoms with Crippen LogP contribution in [0.1, 0.15) is 0 Å². The van der Waals surface area contributed by atoms with Gasteiger partial charge in [-0.05, 0) is 0 Å². The molecule has 0 fully saturated rings. The molecule has 1 rings (SSSR count). The van der Waals surface area contributed by atoms with Crippen molar-refractivity contribution in [3.63, 3.8) is 0 Å². The van der Waals surface area contributed by atoms with E-state index in [1.807, 2.05) is 0 Å². The molecular weight excluding hydrogens is 208 g/mol. The Hall–Kier alpha value is -1.82. The van der Waals surface area contributed by atoms with Gasteiger partial charge in [-0.3, -0.25) is 0 Å². The van der Waals surface area contributed by atoms with E-state index in [0.717, 1.165) is 0 Å². The Morgan fingerprint density at radius 2 is 2.31 bits per heavy atom. The number of rotatable bonds is 7. The zero-order valence-electron chi connectivity index (χ0n) is 9.27. The fourth-order valence-corrected chi connectivity index (χ4v) is 1.03. The number of ether oxygens (including phenoxy) is 2. The topological polar surface area (TPSA) is 82.3 Å². The van der Waals surface area contributed by atoms with E-state index in [1.54, 1.807) is 13.2 Å². The zero-order valence-corrected chi connectivity index (χ0v) is 9.27. The van der Waals surface area contributed by atoms with E-state index < -0.39 is 0 Å². The van der Waals surface area contributed by atoms with Gasteiger partial charge in [-0.25, -0.2) is 4.98 Å². The van der Waals surface area contributed by atoms with Crippen molar-refractivity contribution in [2.45, 2.75) is 0 Å². The van der Waals surface area contributed by atoms with E-state index in [2.05, 4.69) is 21.9 Å². The van der Waals surface area contributed by atoms with E-state index in [4.69, 9.17) is 15.2 Å². The van der Waals surface area contributed by atoms with Crippen LogP contribution in [0.25, 0.3) is 0 Å². The summed E-state index contributed by atoms with van der Waals surface area (Å²) in [6.07, 6.45) is 3.11. The Balaban J connectivity index is 2.66. The quantitative estimate of drug-likeness (QED) is 0.523. The van der Waals surface area contributed by atoms with E-state index in [-0.39, 0.29) is 0 Å². The van der Waals surface area contributed by atoms with Crippen LogP contribution in [-0.4, -0.2) is 36.8 Å². The average Bonchev–Trinajstić information content (AvgIpc) is 2.30. The predicted octanol–water partition coefficient (Wildman–Crippen LogP) is 0.682. The summed E-state index contributed by atoms with van der Waals surface area (Å²) in [5.41, 5.74) is 6.21. The molecule has 0 amide bonds. The third kappa shape index (κ3) is 3.39. The highest BCUT2D eigenvalue weighted by Gasteiger charge is 2.07. The number of nitrogens with two attached hydrogens (primary N) is 1. The van der Waals surface area contributed by atoms with Gasteiger partial charge in [0.15, 0.2) is 5.82 Å². The predicted molar refractivity (Wildman–Crippen MR) is 62.5 cm³/mol. The van der Waals surface area contributed by atoms with Crippen LogP contribution in [-0.2, 0) is 4.74 Å². The van der Waals surface area contributed by atoms with Crippen molar-refractivity contribution < 1.29 is 9.47 Å². The minimum Gasteiger partial charge on any atom is -0.474 e. The van der Waals surface area contributed by atoms with Gasteiger partial charge in [0.05, 0.1) is 6.61 Å². The number of methoxy groups -OCH3 is 1. The minimum absolute atomic E-state index is 0.360. The molecule has 0 radical (unpaired) electrons. The molecule has 0 aliphatic rings. The lowest BCUT2D eigenvalue weighted by Gasteiger charge is -2.10. The first kappa shape index (κ1) is 12.3. The third-order valence-corrected chi connectivity index (χ3v) is 1.79. The molecule has 16 heavy (non-hydrogen) atoms. The molecular formula is C10H16N4O2. The van der Waals surface area contributed by atoms with Gasteiger partial charge in [-0.2, -0.15) is 4.98 Å². The van der Waals surface area contributed by atoms with Crippen LogP contribution in [0.5, 0.6) is 5.88 Å². The summed E-state index contributed by atoms with van der Waals surface area (Å²) in [5, 5.41) is 2.99. The molecule has 0 aromatic carbocycles. The molecule has 0 aliphatic carbocycles. The second-order valence-electron chi connectivity index (χ2n) is 2.95. The van der Waals surface area contributed by atoms with E-state index in [9.17, 15) is 0 Å². The van der Waals surface area contributed by atoms with Crippen molar-refractivity contribution >= 4 is 11.5 Å². The standard InChI is InChI=1S/C10H16N4O2/c1-3-4-12-9-8(11)10(14-7-13-9)16-6-5-15-2/h3,7H,1,4-6,11H2,2H3,(H,12,13,14). The first-order valence-corrected chi connectivity index (χ1v) is 4.86. The average molecular weight is 224 g/mol. The lowest BCUT2D eigenvalue weighted by molar-refractivity contribution is 0.144. The van der Waals surface area contributed by atoms with Gasteiger partial charge in [0, 0.05) is 13.7 Å². The lowest BCUT2D eigenvalue weighted by atomic mass is 10.4. The van der Waals surface area contributed by atoms with Crippen molar-refractivity contribution in [3.05, 3.63) is 19.0 Å². The Bertz CT molecular complexity index is 344. The Labute approximate surface area is 94.5 Å². The fourth-order valence-electron chi connectivity index (χ4n) is 1.03. The molecule has 0 saturated carbocycles. The molecule has 6 heteroatoms. The Morgan fingerprint density at radius 1 is 1.50 bits per heavy atom. The lowest BCUT2D eigenvalue weighted by Crippen LogP contribution is -2.10. The zero-order chi connectivity index (χ0) is 11.8. The fraction of sp³-hybridized carbons (Fsp3) is 0.400. The molecule has 0 saturated heterocycles. The molecule has 1 heterocycles. The molecule has 1 aromatic rings. The summed E-state index contributed by atoms with van der Waals surface area (Å²) >= 11 is 0. The van der Waals surface area contributed by atoms with Gasteiger partial charge >= 0.3 is 0 Å². The largest absolute Gasteiger partial charge is 0.474 e. The number of anilines is 2. The van der Waals surface area contributed by atoms with Crippen molar-refractivity contribution in [3.8, 4) is 5.88 Å². The summed E-state index contributed by atoms with van der Waals surface area (Å²) in [7, 11) is 1.60. The van der Waals surface area contributed by atoms with Crippen LogP contribution in [0.15, 0.2) is 19.0 Å². The molecule has 0 aliphatic heterocycles. The first-order chi connectivity index (χ1) is 7.79. The SMILES string of the molecule is C=CCNc1ncnc(OCCOC)c1N. The molecule has 6 nitrogen and oxygen atoms in total. The van der Waals surface area contributed by atoms with Crippen LogP contribution in [0.2, 0.25) is 0 Å². The van der Waals surface area contributed by atoms with E-state index >= 15 is 0 Å². The van der Waals surface area contributed by atoms with Crippen LogP contribution in [0, 0.1) is 0 Å². The second kappa shape index (κ2) is 6.62. The van der Waals surface area contributed by atoms with Crippen molar-refractivity contribution in [2.75, 3.05) is 37.9 Å². The number of nitrogens with one attached hydrogen (secondary N) is 1. The van der Waals surface area contributed by atoms with Gasteiger partial charge in [-0.15, -0.1) is 6.58 Å². The summed E-state index contributed by atoms with van der Waals surface area (Å²) in [4.78, 5) is 7.94. The number of hydrogen-bond acceptors (Lipinski definition) is 6. The Kier molecular flexibility index (Phi) is 5.07. The van der Waals surface area contributed by atoms with Crippen LogP contribution in [0.4, 0.5) is 11.5 Å². The van der Waals surface area contributed by atoms with Crippen LogP contribution in [0.3, 0.4) is 0 Å². The van der Waals surface area contributed by atoms with E-state index in [0.29, 0.717) is 37.1 Å². The number of aromatic nitrogens is 2. The van der Waals surface area contributed by atoms with Crippen molar-refractivity contribution in [1.82, 2.24) is 9.97 Å². The molecule has 0 spiro atoms. The van der Waals surface area contributed by atoms with Gasteiger partial charge in [0.2, 0.25) is 5.88 Å². The summed E-state index contributed by atoms with van der Waals surface area (Å²) < 4.78 is 10.2. The van der Waals surface area contributed by atoms with Gasteiger partial charge in [0.1, 0.15) is 18.6 Å². The molecule has 3 N–H and O–H groups in total. The highest BCUT2D eigenvalue weighted by Crippen LogP contribution is 2.24. The molecule has 88 valence electrons. The van der Waals surface area contributed by atoms with Gasteiger partial charge < -0.3 is 20.5 Å². The number of hydrogen-bond donors (Lipinski definition) is 2. The van der Waals surface area contributed by atoms with E-state index in [1.165, 1.54) is 6.33 Å². The highest BCUT2D eigenvalue weighted by molar-refractivity contribution is 5.66. The summed E-state index contributed by atoms with van der Waals surface area (Å²) in [5.74, 6) is 0.904. The maximum atomic E-state index is 5.82. The molecule has 0 bridgehead atoms. The highest BCUT2D eigenvalue weighted by atomic mass is 16.5. The molecule has 1 aromatic heterocycles. The van der Waals surface area contributed by atoms with Crippen LogP contribution < -0.4 is 15.8 Å². The normalized spacial score (nSPS) is 9.81. The van der Waals surface area contributed by atoms with Gasteiger partial charge in [0.25, 0.3) is 0 Å². The smallest absolute Gasteiger partial charge is 0.242 e. The second-order valence-corrected chi connectivity index (χ2v) is 2.95. The van der Waals surface area contributed by atoms with Gasteiger partial charge in [-0.1, -0.05) is 6.08 Å². The maximum Gasteiger partial charge on any atom is 0.242 e.